The first kappa shape index (κ1) is 14.0. The van der Waals surface area contributed by atoms with Gasteiger partial charge in [0.05, 0.1) is 17.1 Å². The summed E-state index contributed by atoms with van der Waals surface area (Å²) in [7, 11) is 1.87. The summed E-state index contributed by atoms with van der Waals surface area (Å²) in [5.74, 6) is 0.630. The third kappa shape index (κ3) is 2.90. The molecule has 1 amide bonds. The molecule has 0 saturated carbocycles. The van der Waals surface area contributed by atoms with Gasteiger partial charge in [0.25, 0.3) is 0 Å². The van der Waals surface area contributed by atoms with Crippen molar-refractivity contribution in [3.8, 4) is 0 Å². The molecule has 6 heteroatoms. The Hall–Kier alpha value is -1.95. The van der Waals surface area contributed by atoms with Crippen molar-refractivity contribution in [1.29, 1.82) is 0 Å². The predicted octanol–water partition coefficient (Wildman–Crippen LogP) is 1.12. The lowest BCUT2D eigenvalue weighted by atomic mass is 10.2. The van der Waals surface area contributed by atoms with E-state index in [1.807, 2.05) is 11.6 Å². The third-order valence-corrected chi connectivity index (χ3v) is 3.96. The van der Waals surface area contributed by atoms with Gasteiger partial charge in [-0.15, -0.1) is 0 Å². The molecule has 0 radical (unpaired) electrons. The molecule has 0 aliphatic carbocycles. The van der Waals surface area contributed by atoms with Gasteiger partial charge in [0, 0.05) is 20.0 Å². The number of halogens is 1. The smallest absolute Gasteiger partial charge is 0.237 e. The number of benzene rings is 1. The van der Waals surface area contributed by atoms with Gasteiger partial charge in [0.2, 0.25) is 5.91 Å². The van der Waals surface area contributed by atoms with Crippen LogP contribution in [0.3, 0.4) is 0 Å². The zero-order valence-corrected chi connectivity index (χ0v) is 12.0. The molecule has 1 saturated heterocycles. The van der Waals surface area contributed by atoms with Crippen LogP contribution in [-0.4, -0.2) is 34.6 Å². The molecule has 1 aliphatic heterocycles. The van der Waals surface area contributed by atoms with Crippen LogP contribution >= 0.6 is 0 Å². The van der Waals surface area contributed by atoms with Crippen molar-refractivity contribution in [2.75, 3.05) is 13.1 Å². The Kier molecular flexibility index (Phi) is 3.88. The highest BCUT2D eigenvalue weighted by Crippen LogP contribution is 2.16. The van der Waals surface area contributed by atoms with Crippen LogP contribution in [0.25, 0.3) is 11.0 Å². The van der Waals surface area contributed by atoms with Crippen LogP contribution in [-0.2, 0) is 18.3 Å². The van der Waals surface area contributed by atoms with Gasteiger partial charge in [-0.3, -0.25) is 4.79 Å². The number of rotatable bonds is 4. The lowest BCUT2D eigenvalue weighted by molar-refractivity contribution is -0.122. The van der Waals surface area contributed by atoms with Gasteiger partial charge in [-0.25, -0.2) is 9.37 Å². The minimum absolute atomic E-state index is 0.0531. The van der Waals surface area contributed by atoms with E-state index in [0.717, 1.165) is 36.2 Å². The fourth-order valence-electron chi connectivity index (χ4n) is 2.77. The SMILES string of the molecule is Cn1c(CCNC(=O)C2CCCN2)nc2ccc(F)cc21. The number of carbonyl (C=O) groups excluding carboxylic acids is 1. The summed E-state index contributed by atoms with van der Waals surface area (Å²) in [6.45, 7) is 1.45. The lowest BCUT2D eigenvalue weighted by Crippen LogP contribution is -2.41. The maximum absolute atomic E-state index is 13.3. The molecule has 2 N–H and O–H groups in total. The van der Waals surface area contributed by atoms with E-state index in [2.05, 4.69) is 15.6 Å². The second-order valence-corrected chi connectivity index (χ2v) is 5.41. The Morgan fingerprint density at radius 1 is 1.57 bits per heavy atom. The van der Waals surface area contributed by atoms with E-state index in [-0.39, 0.29) is 17.8 Å². The number of carbonyl (C=O) groups is 1. The fraction of sp³-hybridized carbons (Fsp3) is 0.467. The molecule has 1 aromatic carbocycles. The highest BCUT2D eigenvalue weighted by molar-refractivity contribution is 5.82. The second kappa shape index (κ2) is 5.81. The molecule has 0 spiro atoms. The maximum atomic E-state index is 13.3. The summed E-state index contributed by atoms with van der Waals surface area (Å²) < 4.78 is 15.1. The zero-order chi connectivity index (χ0) is 14.8. The summed E-state index contributed by atoms with van der Waals surface area (Å²) in [6, 6.07) is 4.51. The average molecular weight is 290 g/mol. The Balaban J connectivity index is 1.62. The first-order chi connectivity index (χ1) is 10.1. The molecule has 1 fully saturated rings. The first-order valence-corrected chi connectivity index (χ1v) is 7.27. The van der Waals surface area contributed by atoms with Crippen molar-refractivity contribution in [2.45, 2.75) is 25.3 Å². The Labute approximate surface area is 122 Å². The van der Waals surface area contributed by atoms with Crippen LogP contribution in [0.4, 0.5) is 4.39 Å². The Bertz CT molecular complexity index is 661. The van der Waals surface area contributed by atoms with Crippen LogP contribution in [0.15, 0.2) is 18.2 Å². The van der Waals surface area contributed by atoms with Crippen LogP contribution in [0.5, 0.6) is 0 Å². The van der Waals surface area contributed by atoms with E-state index in [1.54, 1.807) is 6.07 Å². The molecule has 1 unspecified atom stereocenters. The number of hydrogen-bond acceptors (Lipinski definition) is 3. The molecular formula is C15H19FN4O. The van der Waals surface area contributed by atoms with Crippen LogP contribution in [0.1, 0.15) is 18.7 Å². The van der Waals surface area contributed by atoms with Gasteiger partial charge >= 0.3 is 0 Å². The van der Waals surface area contributed by atoms with Gasteiger partial charge in [0.15, 0.2) is 0 Å². The minimum atomic E-state index is -0.266. The molecule has 2 heterocycles. The molecule has 2 aromatic rings. The first-order valence-electron chi connectivity index (χ1n) is 7.27. The van der Waals surface area contributed by atoms with Crippen molar-refractivity contribution in [1.82, 2.24) is 20.2 Å². The number of imidazole rings is 1. The number of aryl methyl sites for hydroxylation is 1. The van der Waals surface area contributed by atoms with Crippen molar-refractivity contribution in [2.24, 2.45) is 7.05 Å². The average Bonchev–Trinajstić information content (AvgIpc) is 3.09. The molecule has 3 rings (SSSR count). The molecule has 5 nitrogen and oxygen atoms in total. The summed E-state index contributed by atoms with van der Waals surface area (Å²) in [4.78, 5) is 16.4. The van der Waals surface area contributed by atoms with E-state index < -0.39 is 0 Å². The molecule has 1 aromatic heterocycles. The van der Waals surface area contributed by atoms with Gasteiger partial charge in [0.1, 0.15) is 11.6 Å². The molecule has 21 heavy (non-hydrogen) atoms. The van der Waals surface area contributed by atoms with Gasteiger partial charge in [-0.2, -0.15) is 0 Å². The molecule has 0 bridgehead atoms. The Morgan fingerprint density at radius 3 is 3.19 bits per heavy atom. The molecule has 112 valence electrons. The molecule has 1 atom stereocenters. The summed E-state index contributed by atoms with van der Waals surface area (Å²) >= 11 is 0. The monoisotopic (exact) mass is 290 g/mol. The van der Waals surface area contributed by atoms with E-state index in [4.69, 9.17) is 0 Å². The normalized spacial score (nSPS) is 18.3. The number of nitrogens with zero attached hydrogens (tertiary/aromatic N) is 2. The van der Waals surface area contributed by atoms with Gasteiger partial charge in [-0.1, -0.05) is 0 Å². The number of amides is 1. The standard InChI is InChI=1S/C15H19FN4O/c1-20-13-9-10(16)4-5-11(13)19-14(20)6-8-18-15(21)12-3-2-7-17-12/h4-5,9,12,17H,2-3,6-8H2,1H3,(H,18,21). The highest BCUT2D eigenvalue weighted by atomic mass is 19.1. The van der Waals surface area contributed by atoms with Crippen molar-refractivity contribution in [3.05, 3.63) is 29.8 Å². The van der Waals surface area contributed by atoms with Crippen molar-refractivity contribution in [3.63, 3.8) is 0 Å². The predicted molar refractivity (Wildman–Crippen MR) is 78.4 cm³/mol. The molecule has 1 aliphatic rings. The third-order valence-electron chi connectivity index (χ3n) is 3.96. The quantitative estimate of drug-likeness (QED) is 0.887. The lowest BCUT2D eigenvalue weighted by Gasteiger charge is -2.10. The van der Waals surface area contributed by atoms with E-state index in [1.165, 1.54) is 12.1 Å². The summed E-state index contributed by atoms with van der Waals surface area (Å²) in [5.41, 5.74) is 1.55. The fourth-order valence-corrected chi connectivity index (χ4v) is 2.77. The molecular weight excluding hydrogens is 271 g/mol. The van der Waals surface area contributed by atoms with Crippen LogP contribution in [0, 0.1) is 5.82 Å². The number of hydrogen-bond donors (Lipinski definition) is 2. The topological polar surface area (TPSA) is 59.0 Å². The van der Waals surface area contributed by atoms with Crippen LogP contribution < -0.4 is 10.6 Å². The highest BCUT2D eigenvalue weighted by Gasteiger charge is 2.21. The Morgan fingerprint density at radius 2 is 2.43 bits per heavy atom. The second-order valence-electron chi connectivity index (χ2n) is 5.41. The van der Waals surface area contributed by atoms with E-state index in [0.29, 0.717) is 13.0 Å². The number of nitrogens with one attached hydrogen (secondary N) is 2. The zero-order valence-electron chi connectivity index (χ0n) is 12.0. The summed E-state index contributed by atoms with van der Waals surface area (Å²) in [6.07, 6.45) is 2.58. The van der Waals surface area contributed by atoms with Crippen molar-refractivity contribution >= 4 is 16.9 Å². The largest absolute Gasteiger partial charge is 0.354 e. The van der Waals surface area contributed by atoms with E-state index >= 15 is 0 Å². The minimum Gasteiger partial charge on any atom is -0.354 e. The maximum Gasteiger partial charge on any atom is 0.237 e. The van der Waals surface area contributed by atoms with Crippen LogP contribution in [0.2, 0.25) is 0 Å². The number of fused-ring (bicyclic) bond motifs is 1. The van der Waals surface area contributed by atoms with E-state index in [9.17, 15) is 9.18 Å². The van der Waals surface area contributed by atoms with Gasteiger partial charge < -0.3 is 15.2 Å². The van der Waals surface area contributed by atoms with Gasteiger partial charge in [-0.05, 0) is 37.6 Å². The summed E-state index contributed by atoms with van der Waals surface area (Å²) in [5, 5.41) is 6.10. The van der Waals surface area contributed by atoms with Crippen molar-refractivity contribution < 1.29 is 9.18 Å². The number of aromatic nitrogens is 2.